The highest BCUT2D eigenvalue weighted by atomic mass is 127. The Labute approximate surface area is 187 Å². The Morgan fingerprint density at radius 1 is 1.25 bits per heavy atom. The monoisotopic (exact) mass is 501 g/mol. The van der Waals surface area contributed by atoms with E-state index < -0.39 is 0 Å². The van der Waals surface area contributed by atoms with E-state index in [9.17, 15) is 4.79 Å². The Morgan fingerprint density at radius 2 is 1.96 bits per heavy atom. The van der Waals surface area contributed by atoms with Crippen LogP contribution in [0.25, 0.3) is 0 Å². The molecule has 0 radical (unpaired) electrons. The number of nitrogens with one attached hydrogen (secondary N) is 3. The van der Waals surface area contributed by atoms with Crippen molar-refractivity contribution in [3.8, 4) is 0 Å². The summed E-state index contributed by atoms with van der Waals surface area (Å²) in [6, 6.07) is 9.11. The second-order valence-corrected chi connectivity index (χ2v) is 7.47. The van der Waals surface area contributed by atoms with Gasteiger partial charge in [-0.2, -0.15) is 0 Å². The van der Waals surface area contributed by atoms with Crippen molar-refractivity contribution < 1.29 is 4.79 Å². The molecule has 6 nitrogen and oxygen atoms in total. The van der Waals surface area contributed by atoms with Gasteiger partial charge in [-0.3, -0.25) is 9.79 Å². The molecule has 7 heteroatoms. The molecule has 1 aliphatic rings. The average Bonchev–Trinajstić information content (AvgIpc) is 2.66. The van der Waals surface area contributed by atoms with Crippen molar-refractivity contribution in [1.82, 2.24) is 16.0 Å². The van der Waals surface area contributed by atoms with Gasteiger partial charge in [-0.05, 0) is 38.8 Å². The number of aliphatic imine (C=N–C) groups is 1. The number of nitrogens with zero attached hydrogens (tertiary/aromatic N) is 2. The van der Waals surface area contributed by atoms with E-state index in [4.69, 9.17) is 0 Å². The third-order valence-electron chi connectivity index (χ3n) is 4.71. The molecular weight excluding hydrogens is 465 g/mol. The van der Waals surface area contributed by atoms with Gasteiger partial charge >= 0.3 is 0 Å². The maximum atomic E-state index is 11.6. The molecule has 0 aliphatic carbocycles. The van der Waals surface area contributed by atoms with Gasteiger partial charge in [-0.1, -0.05) is 31.5 Å². The molecule has 2 rings (SSSR count). The van der Waals surface area contributed by atoms with Gasteiger partial charge in [0.15, 0.2) is 5.96 Å². The molecule has 1 atom stereocenters. The number of hydrogen-bond acceptors (Lipinski definition) is 3. The second kappa shape index (κ2) is 12.9. The average molecular weight is 501 g/mol. The highest BCUT2D eigenvalue weighted by Gasteiger charge is 2.21. The zero-order chi connectivity index (χ0) is 19.6. The second-order valence-electron chi connectivity index (χ2n) is 7.47. The largest absolute Gasteiger partial charge is 0.369 e. The molecule has 0 bridgehead atoms. The van der Waals surface area contributed by atoms with Gasteiger partial charge in [-0.15, -0.1) is 24.0 Å². The number of carbonyl (C=O) groups is 1. The number of benzene rings is 1. The number of halogens is 1. The number of aryl methyl sites for hydroxylation is 1. The lowest BCUT2D eigenvalue weighted by molar-refractivity contribution is -0.123. The molecule has 0 spiro atoms. The van der Waals surface area contributed by atoms with Crippen LogP contribution >= 0.6 is 24.0 Å². The fourth-order valence-corrected chi connectivity index (χ4v) is 3.15. The molecule has 1 heterocycles. The Hall–Kier alpha value is -1.51. The Bertz CT molecular complexity index is 618. The molecule has 0 saturated carbocycles. The zero-order valence-electron chi connectivity index (χ0n) is 17.6. The molecule has 1 aromatic rings. The van der Waals surface area contributed by atoms with Crippen LogP contribution < -0.4 is 20.9 Å². The number of amides is 1. The van der Waals surface area contributed by atoms with Crippen LogP contribution in [0, 0.1) is 12.8 Å². The summed E-state index contributed by atoms with van der Waals surface area (Å²) in [5, 5.41) is 9.78. The molecule has 1 aromatic carbocycles. The van der Waals surface area contributed by atoms with Crippen LogP contribution in [0.5, 0.6) is 0 Å². The summed E-state index contributed by atoms with van der Waals surface area (Å²) in [5.41, 5.74) is 2.57. The van der Waals surface area contributed by atoms with Gasteiger partial charge in [0.05, 0.1) is 6.54 Å². The Balaban J connectivity index is 0.00000392. The molecule has 1 unspecified atom stereocenters. The third-order valence-corrected chi connectivity index (χ3v) is 4.71. The van der Waals surface area contributed by atoms with E-state index in [1.54, 1.807) is 0 Å². The molecular formula is C21H36IN5O. The maximum absolute atomic E-state index is 11.6. The number of hydrogen-bond donors (Lipinski definition) is 3. The first kappa shape index (κ1) is 24.5. The minimum Gasteiger partial charge on any atom is -0.369 e. The first-order chi connectivity index (χ1) is 13.0. The molecule has 0 aromatic heterocycles. The van der Waals surface area contributed by atoms with Gasteiger partial charge in [0.25, 0.3) is 0 Å². The van der Waals surface area contributed by atoms with Crippen LogP contribution in [-0.4, -0.2) is 50.6 Å². The van der Waals surface area contributed by atoms with Crippen LogP contribution in [0.3, 0.4) is 0 Å². The van der Waals surface area contributed by atoms with Crippen molar-refractivity contribution in [2.24, 2.45) is 10.9 Å². The summed E-state index contributed by atoms with van der Waals surface area (Å²) in [4.78, 5) is 18.7. The summed E-state index contributed by atoms with van der Waals surface area (Å²) in [7, 11) is 0. The van der Waals surface area contributed by atoms with Crippen LogP contribution in [0.2, 0.25) is 0 Å². The topological polar surface area (TPSA) is 68.8 Å². The highest BCUT2D eigenvalue weighted by Crippen LogP contribution is 2.20. The van der Waals surface area contributed by atoms with Crippen LogP contribution in [0.4, 0.5) is 5.69 Å². The maximum Gasteiger partial charge on any atom is 0.222 e. The summed E-state index contributed by atoms with van der Waals surface area (Å²) >= 11 is 0. The normalized spacial score (nSPS) is 17.1. The first-order valence-corrected chi connectivity index (χ1v) is 10.1. The Kier molecular flexibility index (Phi) is 11.3. The van der Waals surface area contributed by atoms with Gasteiger partial charge in [0, 0.05) is 43.8 Å². The third kappa shape index (κ3) is 8.24. The van der Waals surface area contributed by atoms with Gasteiger partial charge in [-0.25, -0.2) is 0 Å². The molecule has 158 valence electrons. The highest BCUT2D eigenvalue weighted by molar-refractivity contribution is 14.0. The van der Waals surface area contributed by atoms with E-state index in [0.29, 0.717) is 19.1 Å². The minimum absolute atomic E-state index is 0. The predicted molar refractivity (Wildman–Crippen MR) is 129 cm³/mol. The SMILES string of the molecule is CCNC(=NCCNC(=O)C(C)C)NC1CCCN(c2ccc(C)cc2)C1.I. The molecule has 1 amide bonds. The predicted octanol–water partition coefficient (Wildman–Crippen LogP) is 2.91. The van der Waals surface area contributed by atoms with E-state index >= 15 is 0 Å². The van der Waals surface area contributed by atoms with E-state index in [1.807, 2.05) is 13.8 Å². The number of piperidine rings is 1. The van der Waals surface area contributed by atoms with Crippen LogP contribution in [0.1, 0.15) is 39.2 Å². The summed E-state index contributed by atoms with van der Waals surface area (Å²) in [6.45, 7) is 12.0. The van der Waals surface area contributed by atoms with Crippen molar-refractivity contribution in [1.29, 1.82) is 0 Å². The van der Waals surface area contributed by atoms with Crippen LogP contribution in [0.15, 0.2) is 29.3 Å². The molecule has 1 saturated heterocycles. The molecule has 1 fully saturated rings. The summed E-state index contributed by atoms with van der Waals surface area (Å²) in [6.07, 6.45) is 2.30. The first-order valence-electron chi connectivity index (χ1n) is 10.1. The Morgan fingerprint density at radius 3 is 2.61 bits per heavy atom. The molecule has 3 N–H and O–H groups in total. The van der Waals surface area contributed by atoms with Crippen molar-refractivity contribution >= 4 is 41.5 Å². The summed E-state index contributed by atoms with van der Waals surface area (Å²) < 4.78 is 0. The fourth-order valence-electron chi connectivity index (χ4n) is 3.15. The number of guanidine groups is 1. The minimum atomic E-state index is 0. The van der Waals surface area contributed by atoms with E-state index in [0.717, 1.165) is 38.4 Å². The van der Waals surface area contributed by atoms with E-state index in [1.165, 1.54) is 11.3 Å². The quantitative estimate of drug-likeness (QED) is 0.233. The lowest BCUT2D eigenvalue weighted by Gasteiger charge is -2.35. The molecule has 28 heavy (non-hydrogen) atoms. The van der Waals surface area contributed by atoms with E-state index in [-0.39, 0.29) is 35.8 Å². The number of carbonyl (C=O) groups excluding carboxylic acids is 1. The van der Waals surface area contributed by atoms with Gasteiger partial charge < -0.3 is 20.9 Å². The van der Waals surface area contributed by atoms with Crippen molar-refractivity contribution in [3.63, 3.8) is 0 Å². The van der Waals surface area contributed by atoms with Gasteiger partial charge in [0.1, 0.15) is 0 Å². The summed E-state index contributed by atoms with van der Waals surface area (Å²) in [5.74, 6) is 0.909. The van der Waals surface area contributed by atoms with Gasteiger partial charge in [0.2, 0.25) is 5.91 Å². The lowest BCUT2D eigenvalue weighted by atomic mass is 10.0. The van der Waals surface area contributed by atoms with Crippen molar-refractivity contribution in [2.75, 3.05) is 37.6 Å². The number of rotatable bonds is 7. The van der Waals surface area contributed by atoms with Crippen LogP contribution in [-0.2, 0) is 4.79 Å². The van der Waals surface area contributed by atoms with Crippen molar-refractivity contribution in [3.05, 3.63) is 29.8 Å². The molecule has 1 aliphatic heterocycles. The standard InChI is InChI=1S/C21H35N5O.HI/c1-5-22-21(24-13-12-23-20(27)16(2)3)25-18-7-6-14-26(15-18)19-10-8-17(4)9-11-19;/h8-11,16,18H,5-7,12-15H2,1-4H3,(H,23,27)(H2,22,24,25);1H. The van der Waals surface area contributed by atoms with Crippen molar-refractivity contribution in [2.45, 2.75) is 46.6 Å². The lowest BCUT2D eigenvalue weighted by Crippen LogP contribution is -2.51. The number of anilines is 1. The van der Waals surface area contributed by atoms with E-state index in [2.05, 4.69) is 64.0 Å². The smallest absolute Gasteiger partial charge is 0.222 e. The fraction of sp³-hybridized carbons (Fsp3) is 0.619. The zero-order valence-corrected chi connectivity index (χ0v) is 20.0.